The molecule has 0 atom stereocenters. The van der Waals surface area contributed by atoms with Gasteiger partial charge in [0.1, 0.15) is 5.75 Å². The van der Waals surface area contributed by atoms with E-state index in [1.54, 1.807) is 12.1 Å². The molecule has 7 heteroatoms. The van der Waals surface area contributed by atoms with Crippen molar-refractivity contribution in [2.24, 2.45) is 0 Å². The molecule has 0 unspecified atom stereocenters. The molecule has 0 bridgehead atoms. The molecule has 0 saturated carbocycles. The standard InChI is InChI=1S/C13H12N2O4S/c1-19-10-3-2-8(12(17)18)6-9(10)7-20-13-14-5-4-11(16)15-13/h2-6H,7H2,1H3,(H,17,18)(H,14,15,16). The summed E-state index contributed by atoms with van der Waals surface area (Å²) in [7, 11) is 1.52. The number of hydrogen-bond donors (Lipinski definition) is 2. The Kier molecular flexibility index (Phi) is 4.41. The number of methoxy groups -OCH3 is 1. The summed E-state index contributed by atoms with van der Waals surface area (Å²) in [5.74, 6) is 0.0444. The fourth-order valence-electron chi connectivity index (χ4n) is 1.60. The summed E-state index contributed by atoms with van der Waals surface area (Å²) in [6.45, 7) is 0. The lowest BCUT2D eigenvalue weighted by Gasteiger charge is -2.08. The number of hydrogen-bond acceptors (Lipinski definition) is 5. The van der Waals surface area contributed by atoms with Crippen LogP contribution >= 0.6 is 11.8 Å². The van der Waals surface area contributed by atoms with Crippen molar-refractivity contribution in [3.8, 4) is 5.75 Å². The molecule has 2 aromatic rings. The van der Waals surface area contributed by atoms with E-state index in [2.05, 4.69) is 9.97 Å². The third kappa shape index (κ3) is 3.39. The largest absolute Gasteiger partial charge is 0.496 e. The van der Waals surface area contributed by atoms with Crippen LogP contribution in [0.2, 0.25) is 0 Å². The van der Waals surface area contributed by atoms with Crippen LogP contribution < -0.4 is 10.3 Å². The number of aromatic nitrogens is 2. The van der Waals surface area contributed by atoms with E-state index in [1.807, 2.05) is 0 Å². The van der Waals surface area contributed by atoms with Gasteiger partial charge in [0.2, 0.25) is 0 Å². The molecule has 0 spiro atoms. The predicted octanol–water partition coefficient (Wildman–Crippen LogP) is 1.77. The van der Waals surface area contributed by atoms with Gasteiger partial charge in [-0.25, -0.2) is 9.78 Å². The van der Waals surface area contributed by atoms with Crippen LogP contribution in [-0.4, -0.2) is 28.2 Å². The average molecular weight is 292 g/mol. The summed E-state index contributed by atoms with van der Waals surface area (Å²) in [4.78, 5) is 28.7. The van der Waals surface area contributed by atoms with Crippen LogP contribution in [0.5, 0.6) is 5.75 Å². The Labute approximate surface area is 118 Å². The van der Waals surface area contributed by atoms with Crippen molar-refractivity contribution in [3.63, 3.8) is 0 Å². The molecule has 0 fully saturated rings. The number of carboxylic acids is 1. The quantitative estimate of drug-likeness (QED) is 0.644. The van der Waals surface area contributed by atoms with Gasteiger partial charge in [-0.3, -0.25) is 4.79 Å². The second-order valence-corrected chi connectivity index (χ2v) is 4.82. The van der Waals surface area contributed by atoms with Gasteiger partial charge < -0.3 is 14.8 Å². The lowest BCUT2D eigenvalue weighted by atomic mass is 10.1. The first kappa shape index (κ1) is 14.1. The van der Waals surface area contributed by atoms with Crippen molar-refractivity contribution < 1.29 is 14.6 Å². The number of rotatable bonds is 5. The molecular weight excluding hydrogens is 280 g/mol. The zero-order valence-corrected chi connectivity index (χ0v) is 11.4. The number of benzene rings is 1. The van der Waals surface area contributed by atoms with Crippen molar-refractivity contribution >= 4 is 17.7 Å². The molecule has 1 aromatic carbocycles. The molecule has 6 nitrogen and oxygen atoms in total. The minimum atomic E-state index is -0.995. The Bertz CT molecular complexity index is 684. The Hall–Kier alpha value is -2.28. The molecule has 1 aromatic heterocycles. The first-order valence-electron chi connectivity index (χ1n) is 5.68. The zero-order valence-electron chi connectivity index (χ0n) is 10.6. The normalized spacial score (nSPS) is 10.2. The summed E-state index contributed by atoms with van der Waals surface area (Å²) in [6, 6.07) is 5.98. The van der Waals surface area contributed by atoms with Crippen molar-refractivity contribution in [3.05, 3.63) is 51.9 Å². The highest BCUT2D eigenvalue weighted by molar-refractivity contribution is 7.98. The predicted molar refractivity (Wildman–Crippen MR) is 74.4 cm³/mol. The number of H-pyrrole nitrogens is 1. The van der Waals surface area contributed by atoms with E-state index >= 15 is 0 Å². The van der Waals surface area contributed by atoms with Gasteiger partial charge in [-0.15, -0.1) is 0 Å². The number of aromatic amines is 1. The molecule has 104 valence electrons. The Morgan fingerprint density at radius 1 is 1.45 bits per heavy atom. The van der Waals surface area contributed by atoms with Crippen LogP contribution in [0.25, 0.3) is 0 Å². The Morgan fingerprint density at radius 3 is 2.90 bits per heavy atom. The van der Waals surface area contributed by atoms with Crippen molar-refractivity contribution in [2.45, 2.75) is 10.9 Å². The Morgan fingerprint density at radius 2 is 2.25 bits per heavy atom. The minimum Gasteiger partial charge on any atom is -0.496 e. The van der Waals surface area contributed by atoms with Gasteiger partial charge in [0.25, 0.3) is 5.56 Å². The molecule has 20 heavy (non-hydrogen) atoms. The van der Waals surface area contributed by atoms with Crippen LogP contribution in [0, 0.1) is 0 Å². The van der Waals surface area contributed by atoms with E-state index in [-0.39, 0.29) is 11.1 Å². The van der Waals surface area contributed by atoms with E-state index in [4.69, 9.17) is 9.84 Å². The van der Waals surface area contributed by atoms with Gasteiger partial charge in [-0.05, 0) is 18.2 Å². The third-order valence-corrected chi connectivity index (χ3v) is 3.48. The van der Waals surface area contributed by atoms with Crippen LogP contribution in [0.3, 0.4) is 0 Å². The second-order valence-electron chi connectivity index (χ2n) is 3.86. The van der Waals surface area contributed by atoms with Gasteiger partial charge in [0.05, 0.1) is 12.7 Å². The molecule has 0 aliphatic heterocycles. The van der Waals surface area contributed by atoms with Crippen LogP contribution in [0.15, 0.2) is 40.4 Å². The third-order valence-electron chi connectivity index (χ3n) is 2.54. The van der Waals surface area contributed by atoms with Gasteiger partial charge in [-0.1, -0.05) is 11.8 Å². The summed E-state index contributed by atoms with van der Waals surface area (Å²) in [6.07, 6.45) is 1.42. The highest BCUT2D eigenvalue weighted by atomic mass is 32.2. The number of ether oxygens (including phenoxy) is 1. The fraction of sp³-hybridized carbons (Fsp3) is 0.154. The number of nitrogens with one attached hydrogen (secondary N) is 1. The lowest BCUT2D eigenvalue weighted by molar-refractivity contribution is 0.0696. The summed E-state index contributed by atoms with van der Waals surface area (Å²) < 4.78 is 5.19. The van der Waals surface area contributed by atoms with E-state index in [0.29, 0.717) is 16.7 Å². The van der Waals surface area contributed by atoms with E-state index in [0.717, 1.165) is 5.56 Å². The second kappa shape index (κ2) is 6.25. The van der Waals surface area contributed by atoms with E-state index < -0.39 is 5.97 Å². The summed E-state index contributed by atoms with van der Waals surface area (Å²) >= 11 is 1.30. The maximum absolute atomic E-state index is 11.2. The monoisotopic (exact) mass is 292 g/mol. The van der Waals surface area contributed by atoms with Gasteiger partial charge in [-0.2, -0.15) is 0 Å². The molecule has 0 radical (unpaired) electrons. The number of nitrogens with zero attached hydrogens (tertiary/aromatic N) is 1. The smallest absolute Gasteiger partial charge is 0.335 e. The van der Waals surface area contributed by atoms with Crippen LogP contribution in [-0.2, 0) is 5.75 Å². The summed E-state index contributed by atoms with van der Waals surface area (Å²) in [5.41, 5.74) is 0.688. The van der Waals surface area contributed by atoms with E-state index in [9.17, 15) is 9.59 Å². The number of thioether (sulfide) groups is 1. The SMILES string of the molecule is COc1ccc(C(=O)O)cc1CSc1nccc(=O)[nH]1. The average Bonchev–Trinajstić information content (AvgIpc) is 2.44. The van der Waals surface area contributed by atoms with Crippen LogP contribution in [0.4, 0.5) is 0 Å². The maximum atomic E-state index is 11.2. The zero-order chi connectivity index (χ0) is 14.5. The van der Waals surface area contributed by atoms with Gasteiger partial charge in [0, 0.05) is 23.6 Å². The molecule has 1 heterocycles. The number of carboxylic acid groups (broad SMARTS) is 1. The lowest BCUT2D eigenvalue weighted by Crippen LogP contribution is -2.05. The molecule has 0 amide bonds. The van der Waals surface area contributed by atoms with Crippen molar-refractivity contribution in [1.82, 2.24) is 9.97 Å². The van der Waals surface area contributed by atoms with Gasteiger partial charge in [0.15, 0.2) is 5.16 Å². The van der Waals surface area contributed by atoms with Gasteiger partial charge >= 0.3 is 5.97 Å². The molecule has 0 aliphatic rings. The van der Waals surface area contributed by atoms with Crippen LogP contribution in [0.1, 0.15) is 15.9 Å². The molecular formula is C13H12N2O4S. The van der Waals surface area contributed by atoms with Crippen molar-refractivity contribution in [2.75, 3.05) is 7.11 Å². The number of aromatic carboxylic acids is 1. The maximum Gasteiger partial charge on any atom is 0.335 e. The molecule has 0 aliphatic carbocycles. The Balaban J connectivity index is 2.21. The molecule has 0 saturated heterocycles. The first-order chi connectivity index (χ1) is 9.60. The molecule has 2 N–H and O–H groups in total. The highest BCUT2D eigenvalue weighted by Crippen LogP contribution is 2.26. The number of carbonyl (C=O) groups is 1. The minimum absolute atomic E-state index is 0.191. The van der Waals surface area contributed by atoms with Crippen molar-refractivity contribution in [1.29, 1.82) is 0 Å². The fourth-order valence-corrected chi connectivity index (χ4v) is 2.42. The highest BCUT2D eigenvalue weighted by Gasteiger charge is 2.10. The molecule has 2 rings (SSSR count). The van der Waals surface area contributed by atoms with E-state index in [1.165, 1.54) is 37.2 Å². The summed E-state index contributed by atoms with van der Waals surface area (Å²) in [5, 5.41) is 9.46. The topological polar surface area (TPSA) is 92.3 Å². The first-order valence-corrected chi connectivity index (χ1v) is 6.67.